The molecule has 0 radical (unpaired) electrons. The normalized spacial score (nSPS) is 9.83. The van der Waals surface area contributed by atoms with Gasteiger partial charge in [0.15, 0.2) is 13.2 Å². The molecule has 2 rings (SSSR count). The quantitative estimate of drug-likeness (QED) is 0.519. The van der Waals surface area contributed by atoms with Crippen LogP contribution in [0.5, 0.6) is 11.5 Å². The average molecular weight is 330 g/mol. The van der Waals surface area contributed by atoms with Gasteiger partial charge >= 0.3 is 11.9 Å². The van der Waals surface area contributed by atoms with Crippen LogP contribution in [-0.4, -0.2) is 38.4 Å². The summed E-state index contributed by atoms with van der Waals surface area (Å²) in [6.07, 6.45) is 0. The second-order valence-electron chi connectivity index (χ2n) is 4.64. The molecule has 0 aliphatic rings. The number of para-hydroxylation sites is 2. The smallest absolute Gasteiger partial charge is 0.344 e. The van der Waals surface area contributed by atoms with E-state index in [1.54, 1.807) is 48.5 Å². The predicted molar refractivity (Wildman–Crippen MR) is 85.8 cm³/mol. The minimum Gasteiger partial charge on any atom is -0.482 e. The first-order chi connectivity index (χ1) is 11.7. The molecule has 0 amide bonds. The molecule has 126 valence electrons. The molecule has 0 heterocycles. The summed E-state index contributed by atoms with van der Waals surface area (Å²) in [6, 6.07) is 17.9. The van der Waals surface area contributed by atoms with Crippen LogP contribution in [0.4, 0.5) is 0 Å². The SMILES string of the molecule is O=C(COc1ccccc1)OCCOC(=O)COc1ccccc1. The van der Waals surface area contributed by atoms with Gasteiger partial charge in [-0.25, -0.2) is 9.59 Å². The summed E-state index contributed by atoms with van der Waals surface area (Å²) < 4.78 is 20.3. The Bertz CT molecular complexity index is 569. The molecule has 2 aromatic rings. The van der Waals surface area contributed by atoms with Crippen LogP contribution in [0.2, 0.25) is 0 Å². The van der Waals surface area contributed by atoms with Gasteiger partial charge in [0.25, 0.3) is 0 Å². The van der Waals surface area contributed by atoms with Crippen LogP contribution in [-0.2, 0) is 19.1 Å². The lowest BCUT2D eigenvalue weighted by Gasteiger charge is -2.08. The third kappa shape index (κ3) is 6.83. The molecule has 0 atom stereocenters. The van der Waals surface area contributed by atoms with Crippen LogP contribution >= 0.6 is 0 Å². The highest BCUT2D eigenvalue weighted by Crippen LogP contribution is 2.08. The molecule has 0 aliphatic carbocycles. The highest BCUT2D eigenvalue weighted by Gasteiger charge is 2.07. The van der Waals surface area contributed by atoms with Crippen molar-refractivity contribution in [3.05, 3.63) is 60.7 Å². The number of ether oxygens (including phenoxy) is 4. The topological polar surface area (TPSA) is 71.1 Å². The molecule has 0 spiro atoms. The summed E-state index contributed by atoms with van der Waals surface area (Å²) in [7, 11) is 0. The van der Waals surface area contributed by atoms with Gasteiger partial charge in [0.1, 0.15) is 24.7 Å². The third-order valence-electron chi connectivity index (χ3n) is 2.81. The largest absolute Gasteiger partial charge is 0.482 e. The number of carbonyl (C=O) groups excluding carboxylic acids is 2. The fourth-order valence-corrected chi connectivity index (χ4v) is 1.71. The molecular weight excluding hydrogens is 312 g/mol. The first-order valence-electron chi connectivity index (χ1n) is 7.41. The van der Waals surface area contributed by atoms with Gasteiger partial charge in [-0.2, -0.15) is 0 Å². The highest BCUT2D eigenvalue weighted by molar-refractivity contribution is 5.72. The Labute approximate surface area is 139 Å². The van der Waals surface area contributed by atoms with Gasteiger partial charge in [0.2, 0.25) is 0 Å². The summed E-state index contributed by atoms with van der Waals surface area (Å²) in [5.41, 5.74) is 0. The molecule has 0 saturated carbocycles. The van der Waals surface area contributed by atoms with E-state index < -0.39 is 11.9 Å². The molecule has 0 aliphatic heterocycles. The Morgan fingerprint density at radius 3 is 1.38 bits per heavy atom. The van der Waals surface area contributed by atoms with Crippen LogP contribution in [0, 0.1) is 0 Å². The molecule has 6 heteroatoms. The van der Waals surface area contributed by atoms with Crippen molar-refractivity contribution in [1.29, 1.82) is 0 Å². The van der Waals surface area contributed by atoms with Crippen molar-refractivity contribution in [1.82, 2.24) is 0 Å². The Morgan fingerprint density at radius 1 is 0.625 bits per heavy atom. The fraction of sp³-hybridized carbons (Fsp3) is 0.222. The van der Waals surface area contributed by atoms with E-state index in [1.165, 1.54) is 0 Å². The van der Waals surface area contributed by atoms with Crippen molar-refractivity contribution in [2.75, 3.05) is 26.4 Å². The van der Waals surface area contributed by atoms with Gasteiger partial charge in [-0.1, -0.05) is 36.4 Å². The zero-order valence-electron chi connectivity index (χ0n) is 13.1. The van der Waals surface area contributed by atoms with E-state index in [4.69, 9.17) is 18.9 Å². The second kappa shape index (κ2) is 9.89. The standard InChI is InChI=1S/C18H18O6/c19-17(13-23-15-7-3-1-4-8-15)21-11-12-22-18(20)14-24-16-9-5-2-6-10-16/h1-10H,11-14H2. The molecule has 0 unspecified atom stereocenters. The molecule has 0 aromatic heterocycles. The zero-order chi connectivity index (χ0) is 17.0. The van der Waals surface area contributed by atoms with Gasteiger partial charge in [-0.05, 0) is 24.3 Å². The van der Waals surface area contributed by atoms with Gasteiger partial charge in [0.05, 0.1) is 0 Å². The number of esters is 2. The number of rotatable bonds is 9. The molecular formula is C18H18O6. The first kappa shape index (κ1) is 17.3. The summed E-state index contributed by atoms with van der Waals surface area (Å²) in [6.45, 7) is -0.466. The molecule has 0 N–H and O–H groups in total. The molecule has 24 heavy (non-hydrogen) atoms. The minimum absolute atomic E-state index is 0.0337. The van der Waals surface area contributed by atoms with Gasteiger partial charge < -0.3 is 18.9 Å². The second-order valence-corrected chi connectivity index (χ2v) is 4.64. The van der Waals surface area contributed by atoms with Crippen molar-refractivity contribution in [3.63, 3.8) is 0 Å². The Morgan fingerprint density at radius 2 is 1.00 bits per heavy atom. The molecule has 0 saturated heterocycles. The van der Waals surface area contributed by atoms with Crippen LogP contribution in [0.15, 0.2) is 60.7 Å². The molecule has 0 bridgehead atoms. The van der Waals surface area contributed by atoms with Crippen molar-refractivity contribution in [2.45, 2.75) is 0 Å². The lowest BCUT2D eigenvalue weighted by Crippen LogP contribution is -2.21. The van der Waals surface area contributed by atoms with E-state index in [9.17, 15) is 9.59 Å². The van der Waals surface area contributed by atoms with Crippen LogP contribution < -0.4 is 9.47 Å². The number of benzene rings is 2. The predicted octanol–water partition coefficient (Wildman–Crippen LogP) is 2.23. The van der Waals surface area contributed by atoms with Crippen LogP contribution in [0.25, 0.3) is 0 Å². The van der Waals surface area contributed by atoms with Gasteiger partial charge in [-0.15, -0.1) is 0 Å². The first-order valence-corrected chi connectivity index (χ1v) is 7.41. The lowest BCUT2D eigenvalue weighted by molar-refractivity contribution is -0.154. The number of hydrogen-bond acceptors (Lipinski definition) is 6. The maximum Gasteiger partial charge on any atom is 0.344 e. The minimum atomic E-state index is -0.532. The zero-order valence-corrected chi connectivity index (χ0v) is 13.1. The third-order valence-corrected chi connectivity index (χ3v) is 2.81. The van der Waals surface area contributed by atoms with Crippen LogP contribution in [0.1, 0.15) is 0 Å². The summed E-state index contributed by atoms with van der Waals surface area (Å²) in [4.78, 5) is 22.9. The van der Waals surface area contributed by atoms with Crippen molar-refractivity contribution < 1.29 is 28.5 Å². The lowest BCUT2D eigenvalue weighted by atomic mass is 10.3. The monoisotopic (exact) mass is 330 g/mol. The van der Waals surface area contributed by atoms with Gasteiger partial charge in [-0.3, -0.25) is 0 Å². The molecule has 0 fully saturated rings. The Hall–Kier alpha value is -3.02. The average Bonchev–Trinajstić information content (AvgIpc) is 2.63. The van der Waals surface area contributed by atoms with Gasteiger partial charge in [0, 0.05) is 0 Å². The number of hydrogen-bond donors (Lipinski definition) is 0. The molecule has 6 nitrogen and oxygen atoms in total. The van der Waals surface area contributed by atoms with E-state index >= 15 is 0 Å². The maximum absolute atomic E-state index is 11.5. The Balaban J connectivity index is 1.52. The summed E-state index contributed by atoms with van der Waals surface area (Å²) >= 11 is 0. The van der Waals surface area contributed by atoms with Crippen molar-refractivity contribution >= 4 is 11.9 Å². The van der Waals surface area contributed by atoms with E-state index in [1.807, 2.05) is 12.1 Å². The van der Waals surface area contributed by atoms with Crippen molar-refractivity contribution in [3.8, 4) is 11.5 Å². The summed E-state index contributed by atoms with van der Waals surface area (Å²) in [5, 5.41) is 0. The summed E-state index contributed by atoms with van der Waals surface area (Å²) in [5.74, 6) is 0.101. The van der Waals surface area contributed by atoms with E-state index in [2.05, 4.69) is 0 Å². The highest BCUT2D eigenvalue weighted by atomic mass is 16.6. The van der Waals surface area contributed by atoms with Crippen molar-refractivity contribution in [2.24, 2.45) is 0 Å². The Kier molecular flexibility index (Phi) is 7.14. The fourth-order valence-electron chi connectivity index (χ4n) is 1.71. The number of carbonyl (C=O) groups is 2. The maximum atomic E-state index is 11.5. The van der Waals surface area contributed by atoms with Crippen LogP contribution in [0.3, 0.4) is 0 Å². The van der Waals surface area contributed by atoms with E-state index in [-0.39, 0.29) is 26.4 Å². The van der Waals surface area contributed by atoms with E-state index in [0.29, 0.717) is 11.5 Å². The molecule has 2 aromatic carbocycles. The van der Waals surface area contributed by atoms with E-state index in [0.717, 1.165) is 0 Å².